The van der Waals surface area contributed by atoms with Gasteiger partial charge in [0.2, 0.25) is 0 Å². The number of rotatable bonds is 5. The third kappa shape index (κ3) is 2.93. The summed E-state index contributed by atoms with van der Waals surface area (Å²) in [5.41, 5.74) is 2.68. The van der Waals surface area contributed by atoms with Gasteiger partial charge in [-0.25, -0.2) is 5.84 Å². The first kappa shape index (κ1) is 12.3. The number of hydrogen-bond acceptors (Lipinski definition) is 6. The lowest BCUT2D eigenvalue weighted by Gasteiger charge is -2.08. The summed E-state index contributed by atoms with van der Waals surface area (Å²) < 4.78 is 5.53. The molecule has 1 aromatic carbocycles. The topological polar surface area (TPSA) is 86.5 Å². The Morgan fingerprint density at radius 2 is 2.22 bits per heavy atom. The van der Waals surface area contributed by atoms with Crippen molar-refractivity contribution in [2.45, 2.75) is 6.42 Å². The third-order valence-electron chi connectivity index (χ3n) is 2.34. The molecule has 0 saturated carbocycles. The molecule has 2 rings (SSSR count). The highest BCUT2D eigenvalue weighted by atomic mass is 16.7. The van der Waals surface area contributed by atoms with E-state index >= 15 is 0 Å². The number of aromatic nitrogens is 1. The molecule has 0 atom stereocenters. The Labute approximate surface area is 104 Å². The Kier molecular flexibility index (Phi) is 4.06. The quantitative estimate of drug-likeness (QED) is 0.603. The lowest BCUT2D eigenvalue weighted by atomic mass is 10.2. The Morgan fingerprint density at radius 1 is 1.33 bits per heavy atom. The average molecular weight is 247 g/mol. The Bertz CT molecular complexity index is 540. The molecule has 18 heavy (non-hydrogen) atoms. The summed E-state index contributed by atoms with van der Waals surface area (Å²) in [5.74, 6) is 5.06. The second-order valence-electron chi connectivity index (χ2n) is 3.52. The van der Waals surface area contributed by atoms with Gasteiger partial charge >= 0.3 is 5.97 Å². The summed E-state index contributed by atoms with van der Waals surface area (Å²) in [6.45, 7) is 0.217. The fourth-order valence-electron chi connectivity index (χ4n) is 1.56. The van der Waals surface area contributed by atoms with Crippen molar-refractivity contribution < 1.29 is 14.4 Å². The minimum atomic E-state index is -0.476. The molecule has 2 aromatic rings. The molecular weight excluding hydrogens is 234 g/mol. The van der Waals surface area contributed by atoms with Crippen LogP contribution in [-0.2, 0) is 9.63 Å². The van der Waals surface area contributed by atoms with E-state index in [9.17, 15) is 4.79 Å². The number of nitrogens with one attached hydrogen (secondary N) is 1. The molecule has 3 N–H and O–H groups in total. The van der Waals surface area contributed by atoms with E-state index in [0.717, 1.165) is 10.9 Å². The molecule has 0 spiro atoms. The first-order chi connectivity index (χ1) is 8.81. The molecular formula is C12H13N3O3. The molecule has 1 heterocycles. The number of carbonyl (C=O) groups is 1. The predicted octanol–water partition coefficient (Wildman–Crippen LogP) is 0.925. The van der Waals surface area contributed by atoms with E-state index in [1.165, 1.54) is 0 Å². The van der Waals surface area contributed by atoms with Crippen LogP contribution in [0.4, 0.5) is 0 Å². The number of carbonyl (C=O) groups excluding carboxylic acids is 1. The fourth-order valence-corrected chi connectivity index (χ4v) is 1.56. The standard InChI is InChI=1S/C12H13N3O3/c13-15-18-12(16)6-8-17-11-5-1-4-10-9(11)3-2-7-14-10/h1-5,7,15H,6,8,13H2. The van der Waals surface area contributed by atoms with Crippen LogP contribution in [0.5, 0.6) is 5.75 Å². The number of fused-ring (bicyclic) bond motifs is 1. The van der Waals surface area contributed by atoms with Crippen LogP contribution in [0.2, 0.25) is 0 Å². The summed E-state index contributed by atoms with van der Waals surface area (Å²) in [6.07, 6.45) is 1.83. The van der Waals surface area contributed by atoms with Crippen LogP contribution >= 0.6 is 0 Å². The number of hydrazine groups is 1. The van der Waals surface area contributed by atoms with Crippen molar-refractivity contribution in [3.8, 4) is 5.75 Å². The minimum Gasteiger partial charge on any atom is -0.492 e. The summed E-state index contributed by atoms with van der Waals surface area (Å²) >= 11 is 0. The zero-order valence-corrected chi connectivity index (χ0v) is 9.63. The van der Waals surface area contributed by atoms with Crippen molar-refractivity contribution in [3.63, 3.8) is 0 Å². The highest BCUT2D eigenvalue weighted by Crippen LogP contribution is 2.23. The first-order valence-electron chi connectivity index (χ1n) is 5.43. The molecule has 0 fully saturated rings. The van der Waals surface area contributed by atoms with E-state index in [-0.39, 0.29) is 13.0 Å². The van der Waals surface area contributed by atoms with Gasteiger partial charge in [0, 0.05) is 11.6 Å². The zero-order chi connectivity index (χ0) is 12.8. The number of nitrogens with zero attached hydrogens (tertiary/aromatic N) is 1. The molecule has 0 aliphatic carbocycles. The molecule has 6 heteroatoms. The molecule has 0 aliphatic heterocycles. The van der Waals surface area contributed by atoms with Crippen molar-refractivity contribution >= 4 is 16.9 Å². The van der Waals surface area contributed by atoms with Gasteiger partial charge in [-0.2, -0.15) is 0 Å². The molecule has 0 bridgehead atoms. The normalized spacial score (nSPS) is 10.3. The van der Waals surface area contributed by atoms with Crippen LogP contribution in [0.1, 0.15) is 6.42 Å². The number of pyridine rings is 1. The number of hydrogen-bond donors (Lipinski definition) is 2. The SMILES string of the molecule is NNOC(=O)CCOc1cccc2ncccc12. The molecule has 0 unspecified atom stereocenters. The maximum atomic E-state index is 11.0. The molecule has 0 amide bonds. The monoisotopic (exact) mass is 247 g/mol. The van der Waals surface area contributed by atoms with Crippen LogP contribution < -0.4 is 16.2 Å². The summed E-state index contributed by atoms with van der Waals surface area (Å²) in [6, 6.07) is 9.33. The second kappa shape index (κ2) is 5.95. The van der Waals surface area contributed by atoms with E-state index in [0.29, 0.717) is 5.75 Å². The molecule has 94 valence electrons. The lowest BCUT2D eigenvalue weighted by molar-refractivity contribution is -0.151. The van der Waals surface area contributed by atoms with Gasteiger partial charge in [0.05, 0.1) is 18.5 Å². The number of benzene rings is 1. The van der Waals surface area contributed by atoms with Gasteiger partial charge in [0.1, 0.15) is 5.75 Å². The molecule has 0 saturated heterocycles. The molecule has 1 aromatic heterocycles. The second-order valence-corrected chi connectivity index (χ2v) is 3.52. The Morgan fingerprint density at radius 3 is 3.06 bits per heavy atom. The van der Waals surface area contributed by atoms with E-state index in [4.69, 9.17) is 10.6 Å². The molecule has 0 aliphatic rings. The van der Waals surface area contributed by atoms with Crippen LogP contribution in [0.25, 0.3) is 10.9 Å². The fraction of sp³-hybridized carbons (Fsp3) is 0.167. The van der Waals surface area contributed by atoms with Crippen LogP contribution in [0.3, 0.4) is 0 Å². The van der Waals surface area contributed by atoms with Crippen molar-refractivity contribution in [1.82, 2.24) is 10.6 Å². The summed E-state index contributed by atoms with van der Waals surface area (Å²) in [7, 11) is 0. The summed E-state index contributed by atoms with van der Waals surface area (Å²) in [4.78, 5) is 19.6. The highest BCUT2D eigenvalue weighted by molar-refractivity contribution is 5.84. The van der Waals surface area contributed by atoms with E-state index in [1.807, 2.05) is 35.9 Å². The Balaban J connectivity index is 2.01. The van der Waals surface area contributed by atoms with Gasteiger partial charge < -0.3 is 9.57 Å². The largest absolute Gasteiger partial charge is 0.492 e. The van der Waals surface area contributed by atoms with E-state index in [1.54, 1.807) is 6.20 Å². The Hall–Kier alpha value is -2.18. The summed E-state index contributed by atoms with van der Waals surface area (Å²) in [5, 5.41) is 0.908. The maximum absolute atomic E-state index is 11.0. The maximum Gasteiger partial charge on any atom is 0.329 e. The average Bonchev–Trinajstić information content (AvgIpc) is 2.39. The van der Waals surface area contributed by atoms with Gasteiger partial charge in [-0.1, -0.05) is 11.7 Å². The van der Waals surface area contributed by atoms with E-state index in [2.05, 4.69) is 9.82 Å². The van der Waals surface area contributed by atoms with Gasteiger partial charge in [-0.15, -0.1) is 0 Å². The molecule has 0 radical (unpaired) electrons. The van der Waals surface area contributed by atoms with Crippen LogP contribution in [0, 0.1) is 0 Å². The minimum absolute atomic E-state index is 0.112. The number of ether oxygens (including phenoxy) is 1. The van der Waals surface area contributed by atoms with Crippen molar-refractivity contribution in [3.05, 3.63) is 36.5 Å². The lowest BCUT2D eigenvalue weighted by Crippen LogP contribution is -2.26. The van der Waals surface area contributed by atoms with Crippen LogP contribution in [-0.4, -0.2) is 17.6 Å². The predicted molar refractivity (Wildman–Crippen MR) is 65.3 cm³/mol. The van der Waals surface area contributed by atoms with Crippen molar-refractivity contribution in [1.29, 1.82) is 0 Å². The smallest absolute Gasteiger partial charge is 0.329 e. The van der Waals surface area contributed by atoms with E-state index < -0.39 is 5.97 Å². The third-order valence-corrected chi connectivity index (χ3v) is 2.34. The van der Waals surface area contributed by atoms with Crippen LogP contribution in [0.15, 0.2) is 36.5 Å². The van der Waals surface area contributed by atoms with Gasteiger partial charge in [-0.3, -0.25) is 9.78 Å². The van der Waals surface area contributed by atoms with Crippen molar-refractivity contribution in [2.24, 2.45) is 5.84 Å². The first-order valence-corrected chi connectivity index (χ1v) is 5.43. The molecule has 6 nitrogen and oxygen atoms in total. The number of nitrogens with two attached hydrogens (primary N) is 1. The highest BCUT2D eigenvalue weighted by Gasteiger charge is 2.05. The zero-order valence-electron chi connectivity index (χ0n) is 9.63. The van der Waals surface area contributed by atoms with Gasteiger partial charge in [-0.05, 0) is 24.3 Å². The van der Waals surface area contributed by atoms with Crippen molar-refractivity contribution in [2.75, 3.05) is 6.61 Å². The van der Waals surface area contributed by atoms with Gasteiger partial charge in [0.15, 0.2) is 0 Å². The van der Waals surface area contributed by atoms with Gasteiger partial charge in [0.25, 0.3) is 0 Å².